The molecule has 25 heavy (non-hydrogen) atoms. The topological polar surface area (TPSA) is 70.2 Å². The van der Waals surface area contributed by atoms with Crippen molar-refractivity contribution in [3.8, 4) is 0 Å². The average Bonchev–Trinajstić information content (AvgIpc) is 2.50. The van der Waals surface area contributed by atoms with Gasteiger partial charge < -0.3 is 16.0 Å². The van der Waals surface area contributed by atoms with Crippen LogP contribution in [0.1, 0.15) is 36.7 Å². The summed E-state index contributed by atoms with van der Waals surface area (Å²) in [7, 11) is 0. The molecule has 0 heterocycles. The lowest BCUT2D eigenvalue weighted by molar-refractivity contribution is -0.123. The van der Waals surface area contributed by atoms with Gasteiger partial charge in [-0.15, -0.1) is 0 Å². The first-order valence-electron chi connectivity index (χ1n) is 7.98. The van der Waals surface area contributed by atoms with Gasteiger partial charge in [0.1, 0.15) is 6.54 Å². The van der Waals surface area contributed by atoms with Crippen LogP contribution < -0.4 is 16.0 Å². The molecule has 0 unspecified atom stereocenters. The van der Waals surface area contributed by atoms with Gasteiger partial charge in [-0.2, -0.15) is 13.2 Å². The number of amides is 2. The number of carbonyl (C=O) groups is 2. The predicted molar refractivity (Wildman–Crippen MR) is 90.5 cm³/mol. The van der Waals surface area contributed by atoms with Gasteiger partial charge in [-0.3, -0.25) is 9.59 Å². The Balaban J connectivity index is 2.69. The molecule has 5 nitrogen and oxygen atoms in total. The van der Waals surface area contributed by atoms with Crippen molar-refractivity contribution < 1.29 is 22.8 Å². The van der Waals surface area contributed by atoms with Crippen molar-refractivity contribution in [2.24, 2.45) is 5.92 Å². The van der Waals surface area contributed by atoms with Crippen LogP contribution in [-0.2, 0) is 4.79 Å². The molecule has 0 radical (unpaired) electrons. The van der Waals surface area contributed by atoms with Crippen LogP contribution in [0.15, 0.2) is 18.2 Å². The highest BCUT2D eigenvalue weighted by Gasteiger charge is 2.28. The fourth-order valence-corrected chi connectivity index (χ4v) is 1.88. The molecule has 0 aliphatic rings. The van der Waals surface area contributed by atoms with E-state index in [1.165, 1.54) is 12.1 Å². The standard InChI is InChI=1S/C17H24F3N3O2/c1-10(2)12(4)23-15(24)8-21-14-7-13(6-5-11(14)3)16(25)22-9-17(18,19)20/h5-7,10,12,21H,8-9H2,1-4H3,(H,22,25)(H,23,24)/t12-/m1/s1. The summed E-state index contributed by atoms with van der Waals surface area (Å²) < 4.78 is 36.5. The van der Waals surface area contributed by atoms with Crippen molar-refractivity contribution >= 4 is 17.5 Å². The van der Waals surface area contributed by atoms with E-state index < -0.39 is 18.6 Å². The van der Waals surface area contributed by atoms with Gasteiger partial charge in [0.15, 0.2) is 0 Å². The van der Waals surface area contributed by atoms with Gasteiger partial charge in [0.2, 0.25) is 5.91 Å². The van der Waals surface area contributed by atoms with E-state index in [0.717, 1.165) is 5.56 Å². The Bertz CT molecular complexity index is 616. The van der Waals surface area contributed by atoms with Gasteiger partial charge in [0, 0.05) is 17.3 Å². The zero-order chi connectivity index (χ0) is 19.2. The summed E-state index contributed by atoms with van der Waals surface area (Å²) in [4.78, 5) is 23.7. The number of hydrogen-bond acceptors (Lipinski definition) is 3. The molecule has 3 N–H and O–H groups in total. The fourth-order valence-electron chi connectivity index (χ4n) is 1.88. The first kappa shape index (κ1) is 20.8. The van der Waals surface area contributed by atoms with Gasteiger partial charge in [0.05, 0.1) is 6.54 Å². The van der Waals surface area contributed by atoms with Crippen LogP contribution in [0.2, 0.25) is 0 Å². The number of hydrogen-bond donors (Lipinski definition) is 3. The minimum atomic E-state index is -4.47. The maximum atomic E-state index is 12.2. The monoisotopic (exact) mass is 359 g/mol. The first-order valence-corrected chi connectivity index (χ1v) is 7.98. The Labute approximate surface area is 145 Å². The van der Waals surface area contributed by atoms with Crippen LogP contribution in [0.25, 0.3) is 0 Å². The second-order valence-electron chi connectivity index (χ2n) is 6.28. The van der Waals surface area contributed by atoms with Crippen LogP contribution in [0.3, 0.4) is 0 Å². The van der Waals surface area contributed by atoms with Crippen molar-refractivity contribution in [3.05, 3.63) is 29.3 Å². The van der Waals surface area contributed by atoms with E-state index in [9.17, 15) is 22.8 Å². The largest absolute Gasteiger partial charge is 0.405 e. The van der Waals surface area contributed by atoms with Crippen LogP contribution >= 0.6 is 0 Å². The quantitative estimate of drug-likeness (QED) is 0.701. The highest BCUT2D eigenvalue weighted by Crippen LogP contribution is 2.18. The number of anilines is 1. The molecule has 1 aromatic rings. The zero-order valence-electron chi connectivity index (χ0n) is 14.8. The Morgan fingerprint density at radius 3 is 2.36 bits per heavy atom. The van der Waals surface area contributed by atoms with Crippen molar-refractivity contribution in [2.45, 2.75) is 39.9 Å². The van der Waals surface area contributed by atoms with Crippen LogP contribution in [-0.4, -0.2) is 37.1 Å². The molecule has 0 aliphatic heterocycles. The van der Waals surface area contributed by atoms with Gasteiger partial charge >= 0.3 is 6.18 Å². The third-order valence-corrected chi connectivity index (χ3v) is 3.78. The molecular formula is C17H24F3N3O2. The molecular weight excluding hydrogens is 335 g/mol. The van der Waals surface area contributed by atoms with Crippen LogP contribution in [0, 0.1) is 12.8 Å². The van der Waals surface area contributed by atoms with E-state index in [1.54, 1.807) is 13.0 Å². The van der Waals surface area contributed by atoms with Crippen LogP contribution in [0.5, 0.6) is 0 Å². The summed E-state index contributed by atoms with van der Waals surface area (Å²) in [5.74, 6) is -0.725. The Hall–Kier alpha value is -2.25. The summed E-state index contributed by atoms with van der Waals surface area (Å²) >= 11 is 0. The molecule has 1 rings (SSSR count). The number of carbonyl (C=O) groups excluding carboxylic acids is 2. The number of nitrogens with one attached hydrogen (secondary N) is 3. The van der Waals surface area contributed by atoms with Gasteiger partial charge in [-0.05, 0) is 37.5 Å². The summed E-state index contributed by atoms with van der Waals surface area (Å²) in [6, 6.07) is 4.50. The fraction of sp³-hybridized carbons (Fsp3) is 0.529. The number of halogens is 3. The minimum absolute atomic E-state index is 0.00548. The molecule has 0 saturated carbocycles. The van der Waals surface area contributed by atoms with E-state index in [2.05, 4.69) is 10.6 Å². The van der Waals surface area contributed by atoms with E-state index >= 15 is 0 Å². The zero-order valence-corrected chi connectivity index (χ0v) is 14.8. The van der Waals surface area contributed by atoms with Crippen molar-refractivity contribution in [2.75, 3.05) is 18.4 Å². The van der Waals surface area contributed by atoms with Gasteiger partial charge in [-0.1, -0.05) is 19.9 Å². The third kappa shape index (κ3) is 7.45. The molecule has 8 heteroatoms. The molecule has 0 aromatic heterocycles. The lowest BCUT2D eigenvalue weighted by Gasteiger charge is -2.18. The second kappa shape index (κ2) is 8.73. The molecule has 2 amide bonds. The molecule has 0 spiro atoms. The Morgan fingerprint density at radius 2 is 1.80 bits per heavy atom. The number of benzene rings is 1. The molecule has 1 atom stereocenters. The smallest absolute Gasteiger partial charge is 0.376 e. The Morgan fingerprint density at radius 1 is 1.16 bits per heavy atom. The molecule has 0 aliphatic carbocycles. The molecule has 0 saturated heterocycles. The van der Waals surface area contributed by atoms with Crippen molar-refractivity contribution in [3.63, 3.8) is 0 Å². The summed E-state index contributed by atoms with van der Waals surface area (Å²) in [5.41, 5.74) is 1.39. The van der Waals surface area contributed by atoms with Crippen LogP contribution in [0.4, 0.5) is 18.9 Å². The molecule has 0 bridgehead atoms. The maximum Gasteiger partial charge on any atom is 0.405 e. The maximum absolute atomic E-state index is 12.2. The van der Waals surface area contributed by atoms with E-state index in [-0.39, 0.29) is 24.1 Å². The molecule has 0 fully saturated rings. The lowest BCUT2D eigenvalue weighted by Crippen LogP contribution is -2.39. The molecule has 140 valence electrons. The number of aryl methyl sites for hydroxylation is 1. The van der Waals surface area contributed by atoms with Crippen molar-refractivity contribution in [1.82, 2.24) is 10.6 Å². The SMILES string of the molecule is Cc1ccc(C(=O)NCC(F)(F)F)cc1NCC(=O)N[C@H](C)C(C)C. The predicted octanol–water partition coefficient (Wildman–Crippen LogP) is 2.86. The second-order valence-corrected chi connectivity index (χ2v) is 6.28. The molecule has 1 aromatic carbocycles. The van der Waals surface area contributed by atoms with Crippen molar-refractivity contribution in [1.29, 1.82) is 0 Å². The van der Waals surface area contributed by atoms with Gasteiger partial charge in [0.25, 0.3) is 5.91 Å². The van der Waals surface area contributed by atoms with Gasteiger partial charge in [-0.25, -0.2) is 0 Å². The van der Waals surface area contributed by atoms with E-state index in [0.29, 0.717) is 11.6 Å². The average molecular weight is 359 g/mol. The third-order valence-electron chi connectivity index (χ3n) is 3.78. The minimum Gasteiger partial charge on any atom is -0.376 e. The summed E-state index contributed by atoms with van der Waals surface area (Å²) in [5, 5.41) is 7.57. The normalized spacial score (nSPS) is 12.6. The highest BCUT2D eigenvalue weighted by molar-refractivity contribution is 5.95. The number of rotatable bonds is 7. The summed E-state index contributed by atoms with van der Waals surface area (Å²) in [6.45, 7) is 6.27. The lowest BCUT2D eigenvalue weighted by atomic mass is 10.1. The first-order chi connectivity index (χ1) is 11.5. The summed E-state index contributed by atoms with van der Waals surface area (Å²) in [6.07, 6.45) is -4.47. The Kier molecular flexibility index (Phi) is 7.26. The van der Waals surface area contributed by atoms with E-state index in [1.807, 2.05) is 26.1 Å². The number of alkyl halides is 3. The highest BCUT2D eigenvalue weighted by atomic mass is 19.4. The van der Waals surface area contributed by atoms with E-state index in [4.69, 9.17) is 0 Å².